The van der Waals surface area contributed by atoms with Gasteiger partial charge >= 0.3 is 5.97 Å². The molecule has 0 spiro atoms. The number of rotatable bonds is 7. The Balaban J connectivity index is 1.45. The third-order valence-electron chi connectivity index (χ3n) is 5.00. The van der Waals surface area contributed by atoms with Crippen molar-refractivity contribution in [1.82, 2.24) is 9.97 Å². The number of thiazole rings is 2. The van der Waals surface area contributed by atoms with E-state index in [1.807, 2.05) is 49.4 Å². The fraction of sp³-hybridized carbons (Fsp3) is 0.200. The van der Waals surface area contributed by atoms with Crippen LogP contribution in [-0.4, -0.2) is 21.8 Å². The molecule has 4 rings (SSSR count). The topological polar surface area (TPSA) is 72.4 Å². The molecule has 0 saturated carbocycles. The lowest BCUT2D eigenvalue weighted by atomic mass is 10.1. The molecule has 0 radical (unpaired) electrons. The van der Waals surface area contributed by atoms with Crippen LogP contribution in [0.15, 0.2) is 60.0 Å². The minimum absolute atomic E-state index is 0.0216. The van der Waals surface area contributed by atoms with Crippen LogP contribution in [0.3, 0.4) is 0 Å². The van der Waals surface area contributed by atoms with Crippen molar-refractivity contribution in [2.75, 3.05) is 4.90 Å². The zero-order chi connectivity index (χ0) is 23.4. The van der Waals surface area contributed by atoms with Crippen LogP contribution in [0.25, 0.3) is 10.6 Å². The molecule has 1 amide bonds. The number of hydrogen-bond donors (Lipinski definition) is 0. The van der Waals surface area contributed by atoms with E-state index < -0.39 is 5.97 Å². The SMILES string of the molecule is CCc1ccc(-c2nc(C)c(C(=O)OCc3csc(N(C(C)=O)c4ccccc4)n3)s2)cc1. The maximum absolute atomic E-state index is 12.7. The number of amides is 1. The van der Waals surface area contributed by atoms with Crippen molar-refractivity contribution in [2.45, 2.75) is 33.8 Å². The van der Waals surface area contributed by atoms with Gasteiger partial charge in [-0.15, -0.1) is 22.7 Å². The summed E-state index contributed by atoms with van der Waals surface area (Å²) in [6, 6.07) is 17.5. The molecule has 4 aromatic rings. The number of aryl methyl sites for hydroxylation is 2. The van der Waals surface area contributed by atoms with Gasteiger partial charge in [-0.1, -0.05) is 49.4 Å². The molecule has 0 aliphatic heterocycles. The summed E-state index contributed by atoms with van der Waals surface area (Å²) in [5.74, 6) is -0.568. The molecule has 0 aliphatic carbocycles. The minimum atomic E-state index is -0.428. The Morgan fingerprint density at radius 1 is 1.03 bits per heavy atom. The van der Waals surface area contributed by atoms with Gasteiger partial charge < -0.3 is 4.74 Å². The molecule has 0 fully saturated rings. The van der Waals surface area contributed by atoms with E-state index in [0.29, 0.717) is 21.4 Å². The van der Waals surface area contributed by atoms with Crippen molar-refractivity contribution in [1.29, 1.82) is 0 Å². The minimum Gasteiger partial charge on any atom is -0.455 e. The van der Waals surface area contributed by atoms with Crippen molar-refractivity contribution in [3.8, 4) is 10.6 Å². The first kappa shape index (κ1) is 22.8. The second-order valence-corrected chi connectivity index (χ2v) is 9.21. The maximum atomic E-state index is 12.7. The van der Waals surface area contributed by atoms with Crippen LogP contribution in [0.2, 0.25) is 0 Å². The van der Waals surface area contributed by atoms with Gasteiger partial charge in [-0.3, -0.25) is 9.69 Å². The number of hydrogen-bond acceptors (Lipinski definition) is 7. The van der Waals surface area contributed by atoms with E-state index >= 15 is 0 Å². The zero-order valence-electron chi connectivity index (χ0n) is 18.6. The first-order valence-corrected chi connectivity index (χ1v) is 12.2. The summed E-state index contributed by atoms with van der Waals surface area (Å²) in [7, 11) is 0. The van der Waals surface area contributed by atoms with Crippen LogP contribution in [0.5, 0.6) is 0 Å². The number of nitrogens with zero attached hydrogens (tertiary/aromatic N) is 3. The summed E-state index contributed by atoms with van der Waals surface area (Å²) in [5, 5.41) is 3.12. The number of anilines is 2. The molecule has 6 nitrogen and oxygen atoms in total. The largest absolute Gasteiger partial charge is 0.455 e. The molecule has 0 N–H and O–H groups in total. The van der Waals surface area contributed by atoms with E-state index in [1.54, 1.807) is 10.3 Å². The maximum Gasteiger partial charge on any atom is 0.350 e. The van der Waals surface area contributed by atoms with Gasteiger partial charge in [0.25, 0.3) is 0 Å². The summed E-state index contributed by atoms with van der Waals surface area (Å²) in [4.78, 5) is 36.0. The van der Waals surface area contributed by atoms with Gasteiger partial charge in [0.15, 0.2) is 5.13 Å². The van der Waals surface area contributed by atoms with E-state index in [1.165, 1.54) is 35.2 Å². The molecule has 0 bridgehead atoms. The number of benzene rings is 2. The Labute approximate surface area is 200 Å². The highest BCUT2D eigenvalue weighted by Crippen LogP contribution is 2.31. The Morgan fingerprint density at radius 2 is 1.76 bits per heavy atom. The molecule has 33 heavy (non-hydrogen) atoms. The van der Waals surface area contributed by atoms with Crippen LogP contribution in [-0.2, 0) is 22.6 Å². The van der Waals surface area contributed by atoms with Crippen LogP contribution in [0, 0.1) is 6.92 Å². The van der Waals surface area contributed by atoms with Crippen LogP contribution < -0.4 is 4.90 Å². The molecule has 0 aliphatic rings. The van der Waals surface area contributed by atoms with Gasteiger partial charge in [-0.25, -0.2) is 14.8 Å². The quantitative estimate of drug-likeness (QED) is 0.297. The Bertz CT molecular complexity index is 1260. The van der Waals surface area contributed by atoms with E-state index in [-0.39, 0.29) is 12.5 Å². The molecule has 8 heteroatoms. The number of carbonyl (C=O) groups is 2. The van der Waals surface area contributed by atoms with E-state index in [2.05, 4.69) is 29.0 Å². The average molecular weight is 478 g/mol. The van der Waals surface area contributed by atoms with Crippen molar-refractivity contribution in [3.63, 3.8) is 0 Å². The molecular formula is C25H23N3O3S2. The summed E-state index contributed by atoms with van der Waals surface area (Å²) < 4.78 is 5.51. The fourth-order valence-corrected chi connectivity index (χ4v) is 5.10. The third kappa shape index (κ3) is 5.18. The molecule has 168 valence electrons. The molecule has 0 atom stereocenters. The highest BCUT2D eigenvalue weighted by Gasteiger charge is 2.20. The normalized spacial score (nSPS) is 10.8. The number of carbonyl (C=O) groups excluding carboxylic acids is 2. The van der Waals surface area contributed by atoms with Gasteiger partial charge in [0, 0.05) is 17.9 Å². The molecular weight excluding hydrogens is 454 g/mol. The van der Waals surface area contributed by atoms with Gasteiger partial charge in [-0.2, -0.15) is 0 Å². The summed E-state index contributed by atoms with van der Waals surface area (Å²) in [5.41, 5.74) is 4.20. The van der Waals surface area contributed by atoms with Crippen molar-refractivity contribution < 1.29 is 14.3 Å². The summed E-state index contributed by atoms with van der Waals surface area (Å²) in [6.45, 7) is 5.44. The second kappa shape index (κ2) is 10.1. The Kier molecular flexibility index (Phi) is 6.96. The highest BCUT2D eigenvalue weighted by atomic mass is 32.1. The van der Waals surface area contributed by atoms with E-state index in [4.69, 9.17) is 4.74 Å². The van der Waals surface area contributed by atoms with E-state index in [9.17, 15) is 9.59 Å². The average Bonchev–Trinajstić information content (AvgIpc) is 3.45. The number of ether oxygens (including phenoxy) is 1. The van der Waals surface area contributed by atoms with Crippen molar-refractivity contribution >= 4 is 45.4 Å². The second-order valence-electron chi connectivity index (χ2n) is 7.37. The predicted octanol–water partition coefficient (Wildman–Crippen LogP) is 6.18. The smallest absolute Gasteiger partial charge is 0.350 e. The van der Waals surface area contributed by atoms with E-state index in [0.717, 1.165) is 22.7 Å². The molecule has 0 saturated heterocycles. The highest BCUT2D eigenvalue weighted by molar-refractivity contribution is 7.17. The molecule has 2 aromatic heterocycles. The number of para-hydroxylation sites is 1. The van der Waals surface area contributed by atoms with Crippen molar-refractivity contribution in [2.24, 2.45) is 0 Å². The summed E-state index contributed by atoms with van der Waals surface area (Å²) >= 11 is 2.65. The van der Waals surface area contributed by atoms with Crippen LogP contribution >= 0.6 is 22.7 Å². The monoisotopic (exact) mass is 477 g/mol. The zero-order valence-corrected chi connectivity index (χ0v) is 20.2. The van der Waals surface area contributed by atoms with Gasteiger partial charge in [0.2, 0.25) is 5.91 Å². The van der Waals surface area contributed by atoms with Gasteiger partial charge in [0.05, 0.1) is 17.1 Å². The molecule has 0 unspecified atom stereocenters. The van der Waals surface area contributed by atoms with Crippen molar-refractivity contribution in [3.05, 3.63) is 81.8 Å². The number of aromatic nitrogens is 2. The fourth-order valence-electron chi connectivity index (χ4n) is 3.27. The lowest BCUT2D eigenvalue weighted by Gasteiger charge is -2.17. The first-order valence-electron chi connectivity index (χ1n) is 10.5. The predicted molar refractivity (Wildman–Crippen MR) is 132 cm³/mol. The van der Waals surface area contributed by atoms with Gasteiger partial charge in [0.1, 0.15) is 16.5 Å². The third-order valence-corrected chi connectivity index (χ3v) is 7.06. The van der Waals surface area contributed by atoms with Crippen LogP contribution in [0.1, 0.15) is 40.5 Å². The lowest BCUT2D eigenvalue weighted by Crippen LogP contribution is -2.22. The lowest BCUT2D eigenvalue weighted by molar-refractivity contribution is -0.115. The van der Waals surface area contributed by atoms with Crippen LogP contribution in [0.4, 0.5) is 10.8 Å². The Hall–Kier alpha value is -3.36. The molecule has 2 aromatic carbocycles. The molecule has 2 heterocycles. The summed E-state index contributed by atoms with van der Waals surface area (Å²) in [6.07, 6.45) is 0.975. The number of esters is 1. The standard InChI is InChI=1S/C25H23N3O3S2/c1-4-18-10-12-19(13-11-18)23-26-16(2)22(33-23)24(30)31-14-20-15-32-25(27-20)28(17(3)29)21-8-6-5-7-9-21/h5-13,15H,4,14H2,1-3H3. The first-order chi connectivity index (χ1) is 16.0. The van der Waals surface area contributed by atoms with Gasteiger partial charge in [-0.05, 0) is 31.0 Å². The Morgan fingerprint density at radius 3 is 2.42 bits per heavy atom.